The van der Waals surface area contributed by atoms with Crippen LogP contribution in [0.1, 0.15) is 5.56 Å². The van der Waals surface area contributed by atoms with Crippen molar-refractivity contribution in [3.63, 3.8) is 0 Å². The van der Waals surface area contributed by atoms with Gasteiger partial charge in [0.1, 0.15) is 6.61 Å². The molecule has 0 amide bonds. The Morgan fingerprint density at radius 2 is 2.25 bits per heavy atom. The molecular weight excluding hydrogens is 208 g/mol. The number of esters is 1. The predicted molar refractivity (Wildman–Crippen MR) is 57.4 cm³/mol. The van der Waals surface area contributed by atoms with E-state index in [1.165, 1.54) is 6.08 Å². The fraction of sp³-hybridized carbons (Fsp3) is 0.250. The Hall–Kier alpha value is -1.97. The van der Waals surface area contributed by atoms with E-state index in [-0.39, 0.29) is 25.8 Å². The summed E-state index contributed by atoms with van der Waals surface area (Å²) in [6, 6.07) is 5.40. The van der Waals surface area contributed by atoms with E-state index in [1.54, 1.807) is 12.1 Å². The summed E-state index contributed by atoms with van der Waals surface area (Å²) in [4.78, 5) is 11.3. The van der Waals surface area contributed by atoms with Gasteiger partial charge < -0.3 is 14.2 Å². The monoisotopic (exact) mass is 220 g/mol. The van der Waals surface area contributed by atoms with Gasteiger partial charge in [-0.2, -0.15) is 0 Å². The van der Waals surface area contributed by atoms with Crippen LogP contribution in [0.2, 0.25) is 0 Å². The van der Waals surface area contributed by atoms with Gasteiger partial charge in [-0.25, -0.2) is 0 Å². The van der Waals surface area contributed by atoms with Crippen LogP contribution in [-0.2, 0) is 16.0 Å². The van der Waals surface area contributed by atoms with Crippen LogP contribution in [0.3, 0.4) is 0 Å². The van der Waals surface area contributed by atoms with E-state index in [1.807, 2.05) is 6.07 Å². The van der Waals surface area contributed by atoms with Crippen LogP contribution in [0.4, 0.5) is 0 Å². The highest BCUT2D eigenvalue weighted by Gasteiger charge is 2.14. The van der Waals surface area contributed by atoms with E-state index >= 15 is 0 Å². The number of ether oxygens (including phenoxy) is 3. The van der Waals surface area contributed by atoms with Crippen molar-refractivity contribution < 1.29 is 19.0 Å². The summed E-state index contributed by atoms with van der Waals surface area (Å²) in [6.45, 7) is 3.95. The topological polar surface area (TPSA) is 44.8 Å². The van der Waals surface area contributed by atoms with Crippen LogP contribution >= 0.6 is 0 Å². The molecule has 0 aliphatic carbocycles. The summed E-state index contributed by atoms with van der Waals surface area (Å²) in [7, 11) is 0. The summed E-state index contributed by atoms with van der Waals surface area (Å²) in [5, 5.41) is 0. The second-order valence-corrected chi connectivity index (χ2v) is 3.34. The third-order valence-corrected chi connectivity index (χ3v) is 2.15. The largest absolute Gasteiger partial charge is 0.461 e. The van der Waals surface area contributed by atoms with Crippen molar-refractivity contribution in [1.29, 1.82) is 0 Å². The van der Waals surface area contributed by atoms with Gasteiger partial charge in [-0.05, 0) is 17.7 Å². The number of carbonyl (C=O) groups excluding carboxylic acids is 1. The second kappa shape index (κ2) is 4.70. The van der Waals surface area contributed by atoms with Crippen molar-refractivity contribution in [2.45, 2.75) is 6.42 Å². The Balaban J connectivity index is 1.99. The van der Waals surface area contributed by atoms with Gasteiger partial charge in [0.15, 0.2) is 11.5 Å². The molecule has 1 aliphatic rings. The molecule has 0 atom stereocenters. The summed E-state index contributed by atoms with van der Waals surface area (Å²) >= 11 is 0. The first-order chi connectivity index (χ1) is 7.79. The van der Waals surface area contributed by atoms with Crippen molar-refractivity contribution in [3.8, 4) is 11.5 Å². The molecule has 16 heavy (non-hydrogen) atoms. The molecule has 0 saturated carbocycles. The van der Waals surface area contributed by atoms with Crippen molar-refractivity contribution in [1.82, 2.24) is 0 Å². The molecule has 0 unspecified atom stereocenters. The lowest BCUT2D eigenvalue weighted by Gasteiger charge is -2.03. The van der Waals surface area contributed by atoms with Gasteiger partial charge in [-0.1, -0.05) is 18.7 Å². The Bertz CT molecular complexity index is 411. The summed E-state index contributed by atoms with van der Waals surface area (Å²) in [6.07, 6.45) is 1.77. The second-order valence-electron chi connectivity index (χ2n) is 3.34. The fourth-order valence-electron chi connectivity index (χ4n) is 1.42. The van der Waals surface area contributed by atoms with Gasteiger partial charge in [-0.3, -0.25) is 4.79 Å². The molecule has 0 bridgehead atoms. The van der Waals surface area contributed by atoms with Crippen LogP contribution in [0.5, 0.6) is 11.5 Å². The Kier molecular flexibility index (Phi) is 3.10. The first-order valence-corrected chi connectivity index (χ1v) is 4.94. The Morgan fingerprint density at radius 1 is 1.44 bits per heavy atom. The van der Waals surface area contributed by atoms with Gasteiger partial charge in [0.25, 0.3) is 0 Å². The zero-order chi connectivity index (χ0) is 11.4. The maximum Gasteiger partial charge on any atom is 0.310 e. The third kappa shape index (κ3) is 2.34. The molecule has 1 aromatic carbocycles. The first kappa shape index (κ1) is 10.5. The molecule has 0 radical (unpaired) electrons. The summed E-state index contributed by atoms with van der Waals surface area (Å²) in [5.74, 6) is 1.11. The van der Waals surface area contributed by atoms with Crippen molar-refractivity contribution in [3.05, 3.63) is 36.4 Å². The molecule has 0 fully saturated rings. The van der Waals surface area contributed by atoms with E-state index in [9.17, 15) is 4.79 Å². The number of fused-ring (bicyclic) bond motifs is 1. The molecule has 1 heterocycles. The molecule has 1 aliphatic heterocycles. The van der Waals surface area contributed by atoms with E-state index < -0.39 is 0 Å². The quantitative estimate of drug-likeness (QED) is 0.572. The lowest BCUT2D eigenvalue weighted by atomic mass is 10.1. The van der Waals surface area contributed by atoms with E-state index in [0.29, 0.717) is 11.5 Å². The van der Waals surface area contributed by atoms with Crippen LogP contribution in [0, 0.1) is 0 Å². The molecule has 0 saturated heterocycles. The predicted octanol–water partition coefficient (Wildman–Crippen LogP) is 1.69. The highest BCUT2D eigenvalue weighted by atomic mass is 16.7. The molecule has 0 spiro atoms. The minimum Gasteiger partial charge on any atom is -0.461 e. The van der Waals surface area contributed by atoms with Gasteiger partial charge in [-0.15, -0.1) is 0 Å². The van der Waals surface area contributed by atoms with Gasteiger partial charge >= 0.3 is 5.97 Å². The molecular formula is C12H12O4. The summed E-state index contributed by atoms with van der Waals surface area (Å²) in [5.41, 5.74) is 0.846. The molecule has 0 aromatic heterocycles. The molecule has 4 heteroatoms. The molecule has 1 aromatic rings. The summed E-state index contributed by atoms with van der Waals surface area (Å²) < 4.78 is 15.3. The first-order valence-electron chi connectivity index (χ1n) is 4.94. The SMILES string of the molecule is C=CCOC(=O)Cc1ccc2c(c1)OCO2. The van der Waals surface area contributed by atoms with Crippen LogP contribution in [0.25, 0.3) is 0 Å². The standard InChI is InChI=1S/C12H12O4/c1-2-5-14-12(13)7-9-3-4-10-11(6-9)16-8-15-10/h2-4,6H,1,5,7-8H2. The van der Waals surface area contributed by atoms with Crippen LogP contribution < -0.4 is 9.47 Å². The number of rotatable bonds is 4. The zero-order valence-electron chi connectivity index (χ0n) is 8.77. The van der Waals surface area contributed by atoms with E-state index in [4.69, 9.17) is 14.2 Å². The average Bonchev–Trinajstić information content (AvgIpc) is 2.73. The zero-order valence-corrected chi connectivity index (χ0v) is 8.77. The molecule has 4 nitrogen and oxygen atoms in total. The number of benzene rings is 1. The van der Waals surface area contributed by atoms with Crippen molar-refractivity contribution in [2.24, 2.45) is 0 Å². The fourth-order valence-corrected chi connectivity index (χ4v) is 1.42. The molecule has 2 rings (SSSR count). The van der Waals surface area contributed by atoms with Crippen molar-refractivity contribution in [2.75, 3.05) is 13.4 Å². The van der Waals surface area contributed by atoms with Crippen LogP contribution in [0.15, 0.2) is 30.9 Å². The third-order valence-electron chi connectivity index (χ3n) is 2.15. The minimum atomic E-state index is -0.279. The highest BCUT2D eigenvalue weighted by Crippen LogP contribution is 2.32. The van der Waals surface area contributed by atoms with E-state index in [2.05, 4.69) is 6.58 Å². The van der Waals surface area contributed by atoms with Crippen molar-refractivity contribution >= 4 is 5.97 Å². The van der Waals surface area contributed by atoms with Gasteiger partial charge in [0.05, 0.1) is 6.42 Å². The minimum absolute atomic E-state index is 0.227. The van der Waals surface area contributed by atoms with Crippen LogP contribution in [-0.4, -0.2) is 19.4 Å². The number of hydrogen-bond acceptors (Lipinski definition) is 4. The van der Waals surface area contributed by atoms with Gasteiger partial charge in [0.2, 0.25) is 6.79 Å². The maximum absolute atomic E-state index is 11.3. The highest BCUT2D eigenvalue weighted by molar-refractivity contribution is 5.73. The normalized spacial score (nSPS) is 12.2. The molecule has 0 N–H and O–H groups in total. The van der Waals surface area contributed by atoms with E-state index in [0.717, 1.165) is 5.56 Å². The smallest absolute Gasteiger partial charge is 0.310 e. The average molecular weight is 220 g/mol. The lowest BCUT2D eigenvalue weighted by molar-refractivity contribution is -0.141. The van der Waals surface area contributed by atoms with Gasteiger partial charge in [0, 0.05) is 0 Å². The molecule has 84 valence electrons. The Labute approximate surface area is 93.4 Å². The maximum atomic E-state index is 11.3. The Morgan fingerprint density at radius 3 is 3.06 bits per heavy atom. The number of hydrogen-bond donors (Lipinski definition) is 0. The number of carbonyl (C=O) groups is 1. The lowest BCUT2D eigenvalue weighted by Crippen LogP contribution is -2.07.